The van der Waals surface area contributed by atoms with Crippen LogP contribution in [0.3, 0.4) is 0 Å². The van der Waals surface area contributed by atoms with Gasteiger partial charge in [0.15, 0.2) is 11.6 Å². The van der Waals surface area contributed by atoms with Crippen LogP contribution in [0.1, 0.15) is 19.8 Å². The standard InChI is InChI=1S/C12H15BrClFO/c1-2-4-9(7-13)8-16-12-10(14)5-3-6-11(12)15/h3,5-6,9H,2,4,7-8H2,1H3. The zero-order valence-electron chi connectivity index (χ0n) is 9.18. The third-order valence-electron chi connectivity index (χ3n) is 2.30. The van der Waals surface area contributed by atoms with Gasteiger partial charge in [-0.3, -0.25) is 0 Å². The summed E-state index contributed by atoms with van der Waals surface area (Å²) in [5.74, 6) is 0.143. The zero-order valence-corrected chi connectivity index (χ0v) is 11.5. The highest BCUT2D eigenvalue weighted by Crippen LogP contribution is 2.28. The SMILES string of the molecule is CCCC(CBr)COc1c(F)cccc1Cl. The number of halogens is 3. The van der Waals surface area contributed by atoms with Gasteiger partial charge in [-0.1, -0.05) is 46.9 Å². The fourth-order valence-electron chi connectivity index (χ4n) is 1.43. The molecule has 1 unspecified atom stereocenters. The van der Waals surface area contributed by atoms with Crippen molar-refractivity contribution >= 4 is 27.5 Å². The van der Waals surface area contributed by atoms with Gasteiger partial charge in [0.1, 0.15) is 0 Å². The van der Waals surface area contributed by atoms with Crippen molar-refractivity contribution in [2.24, 2.45) is 5.92 Å². The van der Waals surface area contributed by atoms with E-state index in [1.54, 1.807) is 12.1 Å². The minimum absolute atomic E-state index is 0.159. The minimum atomic E-state index is -0.405. The van der Waals surface area contributed by atoms with E-state index in [1.165, 1.54) is 6.07 Å². The predicted octanol–water partition coefficient (Wildman–Crippen LogP) is 4.67. The van der Waals surface area contributed by atoms with Crippen LogP contribution in [0.4, 0.5) is 4.39 Å². The molecule has 1 nitrogen and oxygen atoms in total. The molecule has 0 aliphatic heterocycles. The predicted molar refractivity (Wildman–Crippen MR) is 69.1 cm³/mol. The molecule has 0 aromatic heterocycles. The van der Waals surface area contributed by atoms with Gasteiger partial charge in [-0.25, -0.2) is 4.39 Å². The van der Waals surface area contributed by atoms with Gasteiger partial charge in [-0.15, -0.1) is 0 Å². The molecule has 0 bridgehead atoms. The van der Waals surface area contributed by atoms with Gasteiger partial charge in [0.25, 0.3) is 0 Å². The fraction of sp³-hybridized carbons (Fsp3) is 0.500. The molecule has 0 saturated heterocycles. The second-order valence-electron chi connectivity index (χ2n) is 3.67. The molecule has 1 aromatic rings. The Morgan fingerprint density at radius 2 is 2.25 bits per heavy atom. The summed E-state index contributed by atoms with van der Waals surface area (Å²) in [7, 11) is 0. The van der Waals surface area contributed by atoms with Crippen molar-refractivity contribution in [2.75, 3.05) is 11.9 Å². The van der Waals surface area contributed by atoms with Crippen LogP contribution in [0.15, 0.2) is 18.2 Å². The summed E-state index contributed by atoms with van der Waals surface area (Å²) in [4.78, 5) is 0. The molecule has 0 radical (unpaired) electrons. The fourth-order valence-corrected chi connectivity index (χ4v) is 2.16. The van der Waals surface area contributed by atoms with Crippen molar-refractivity contribution in [1.29, 1.82) is 0 Å². The van der Waals surface area contributed by atoms with Crippen LogP contribution < -0.4 is 4.74 Å². The van der Waals surface area contributed by atoms with Crippen molar-refractivity contribution in [3.05, 3.63) is 29.0 Å². The summed E-state index contributed by atoms with van der Waals surface area (Å²) in [5.41, 5.74) is 0. The molecule has 0 fully saturated rings. The first-order valence-corrected chi connectivity index (χ1v) is 6.81. The van der Waals surface area contributed by atoms with E-state index < -0.39 is 5.82 Å². The lowest BCUT2D eigenvalue weighted by molar-refractivity contribution is 0.245. The van der Waals surface area contributed by atoms with Gasteiger partial charge in [-0.05, 0) is 18.6 Å². The quantitative estimate of drug-likeness (QED) is 0.694. The summed E-state index contributed by atoms with van der Waals surface area (Å²) in [6, 6.07) is 4.55. The average Bonchev–Trinajstić information content (AvgIpc) is 2.27. The van der Waals surface area contributed by atoms with Gasteiger partial charge in [-0.2, -0.15) is 0 Å². The summed E-state index contributed by atoms with van der Waals surface area (Å²) in [6.45, 7) is 2.60. The lowest BCUT2D eigenvalue weighted by Crippen LogP contribution is -2.14. The van der Waals surface area contributed by atoms with Crippen molar-refractivity contribution in [3.63, 3.8) is 0 Å². The number of rotatable bonds is 6. The third-order valence-corrected chi connectivity index (χ3v) is 3.51. The van der Waals surface area contributed by atoms with Crippen LogP contribution in [0.25, 0.3) is 0 Å². The van der Waals surface area contributed by atoms with Crippen LogP contribution in [0, 0.1) is 11.7 Å². The Kier molecular flexibility index (Phi) is 6.14. The summed E-state index contributed by atoms with van der Waals surface area (Å²) in [6.07, 6.45) is 2.14. The number of hydrogen-bond acceptors (Lipinski definition) is 1. The Labute approximate surface area is 109 Å². The van der Waals surface area contributed by atoms with Crippen LogP contribution in [-0.2, 0) is 0 Å². The first kappa shape index (κ1) is 13.8. The lowest BCUT2D eigenvalue weighted by atomic mass is 10.1. The van der Waals surface area contributed by atoms with Crippen molar-refractivity contribution in [1.82, 2.24) is 0 Å². The van der Waals surface area contributed by atoms with Crippen molar-refractivity contribution in [3.8, 4) is 5.75 Å². The highest BCUT2D eigenvalue weighted by Gasteiger charge is 2.11. The van der Waals surface area contributed by atoms with E-state index in [2.05, 4.69) is 22.9 Å². The Hall–Kier alpha value is -0.280. The summed E-state index contributed by atoms with van der Waals surface area (Å²) < 4.78 is 18.8. The molecular weight excluding hydrogens is 294 g/mol. The van der Waals surface area contributed by atoms with Crippen molar-refractivity contribution in [2.45, 2.75) is 19.8 Å². The molecule has 4 heteroatoms. The second-order valence-corrected chi connectivity index (χ2v) is 4.73. The van der Waals surface area contributed by atoms with Gasteiger partial charge in [0, 0.05) is 11.2 Å². The molecule has 0 amide bonds. The van der Waals surface area contributed by atoms with E-state index in [1.807, 2.05) is 0 Å². The van der Waals surface area contributed by atoms with E-state index in [0.29, 0.717) is 17.5 Å². The molecule has 1 aromatic carbocycles. The van der Waals surface area contributed by atoms with Crippen molar-refractivity contribution < 1.29 is 9.13 Å². The molecule has 0 N–H and O–H groups in total. The number of benzene rings is 1. The normalized spacial score (nSPS) is 12.5. The Balaban J connectivity index is 2.59. The molecule has 0 spiro atoms. The molecule has 0 saturated carbocycles. The first-order chi connectivity index (χ1) is 7.69. The van der Waals surface area contributed by atoms with Gasteiger partial charge in [0.2, 0.25) is 0 Å². The molecule has 1 rings (SSSR count). The van der Waals surface area contributed by atoms with Crippen LogP contribution in [0.5, 0.6) is 5.75 Å². The number of para-hydroxylation sites is 1. The maximum absolute atomic E-state index is 13.4. The number of alkyl halides is 1. The molecule has 1 atom stereocenters. The number of hydrogen-bond donors (Lipinski definition) is 0. The lowest BCUT2D eigenvalue weighted by Gasteiger charge is -2.15. The van der Waals surface area contributed by atoms with Gasteiger partial charge >= 0.3 is 0 Å². The first-order valence-electron chi connectivity index (χ1n) is 5.31. The Morgan fingerprint density at radius 3 is 2.81 bits per heavy atom. The van der Waals surface area contributed by atoms with E-state index in [-0.39, 0.29) is 5.75 Å². The second kappa shape index (κ2) is 7.13. The van der Waals surface area contributed by atoms with E-state index in [0.717, 1.165) is 18.2 Å². The van der Waals surface area contributed by atoms with Gasteiger partial charge in [0.05, 0.1) is 11.6 Å². The average molecular weight is 310 g/mol. The molecule has 0 aliphatic rings. The summed E-state index contributed by atoms with van der Waals surface area (Å²) >= 11 is 9.28. The Bertz CT molecular complexity index is 313. The molecular formula is C12H15BrClFO. The highest BCUT2D eigenvalue weighted by molar-refractivity contribution is 9.09. The monoisotopic (exact) mass is 308 g/mol. The Morgan fingerprint density at radius 1 is 1.50 bits per heavy atom. The maximum Gasteiger partial charge on any atom is 0.173 e. The summed E-state index contributed by atoms with van der Waals surface area (Å²) in [5, 5.41) is 1.18. The molecule has 0 aliphatic carbocycles. The third kappa shape index (κ3) is 3.95. The largest absolute Gasteiger partial charge is 0.489 e. The van der Waals surface area contributed by atoms with Crippen LogP contribution >= 0.6 is 27.5 Å². The minimum Gasteiger partial charge on any atom is -0.489 e. The zero-order chi connectivity index (χ0) is 12.0. The van der Waals surface area contributed by atoms with Gasteiger partial charge < -0.3 is 4.74 Å². The molecule has 90 valence electrons. The smallest absolute Gasteiger partial charge is 0.173 e. The van der Waals surface area contributed by atoms with Crippen LogP contribution in [-0.4, -0.2) is 11.9 Å². The molecule has 0 heterocycles. The van der Waals surface area contributed by atoms with E-state index in [9.17, 15) is 4.39 Å². The molecule has 16 heavy (non-hydrogen) atoms. The maximum atomic E-state index is 13.4. The van der Waals surface area contributed by atoms with Crippen LogP contribution in [0.2, 0.25) is 5.02 Å². The van der Waals surface area contributed by atoms with E-state index in [4.69, 9.17) is 16.3 Å². The van der Waals surface area contributed by atoms with E-state index >= 15 is 0 Å². The topological polar surface area (TPSA) is 9.23 Å². The number of ether oxygens (including phenoxy) is 1. The highest BCUT2D eigenvalue weighted by atomic mass is 79.9.